The molecule has 0 heterocycles. The summed E-state index contributed by atoms with van der Waals surface area (Å²) in [6, 6.07) is 8.49. The normalized spacial score (nSPS) is 14.8. The van der Waals surface area contributed by atoms with E-state index in [4.69, 9.17) is 4.74 Å². The van der Waals surface area contributed by atoms with Gasteiger partial charge in [-0.25, -0.2) is 0 Å². The molecular formula is C16H26OSi. The topological polar surface area (TPSA) is 9.23 Å². The number of hydrogen-bond donors (Lipinski definition) is 0. The van der Waals surface area contributed by atoms with Gasteiger partial charge in [0.25, 0.3) is 0 Å². The SMILES string of the molecule is C=C(C(C)C)C([SiH3])(c1ccc(OC)cc1)C(C)C. The zero-order chi connectivity index (χ0) is 13.9. The van der Waals surface area contributed by atoms with Gasteiger partial charge in [0.1, 0.15) is 5.75 Å². The maximum Gasteiger partial charge on any atom is 0.118 e. The molecule has 0 aliphatic heterocycles. The largest absolute Gasteiger partial charge is 0.497 e. The molecule has 1 atom stereocenters. The lowest BCUT2D eigenvalue weighted by molar-refractivity contribution is 0.413. The minimum Gasteiger partial charge on any atom is -0.497 e. The molecule has 1 aromatic carbocycles. The number of ether oxygens (including phenoxy) is 1. The standard InChI is InChI=1S/C16H26OSi/c1-11(2)13(5)16(18,12(3)4)14-7-9-15(17-6)10-8-14/h7-12H,5H2,1-4,6,18H3. The van der Waals surface area contributed by atoms with Gasteiger partial charge in [-0.3, -0.25) is 0 Å². The van der Waals surface area contributed by atoms with E-state index in [-0.39, 0.29) is 5.04 Å². The lowest BCUT2D eigenvalue weighted by Gasteiger charge is -2.39. The molecular weight excluding hydrogens is 236 g/mol. The van der Waals surface area contributed by atoms with Gasteiger partial charge in [0.2, 0.25) is 0 Å². The fourth-order valence-electron chi connectivity index (χ4n) is 2.43. The predicted octanol–water partition coefficient (Wildman–Crippen LogP) is 3.12. The molecule has 0 saturated heterocycles. The van der Waals surface area contributed by atoms with Gasteiger partial charge >= 0.3 is 0 Å². The highest BCUT2D eigenvalue weighted by atomic mass is 28.1. The maximum absolute atomic E-state index is 5.24. The highest BCUT2D eigenvalue weighted by molar-refractivity contribution is 6.18. The van der Waals surface area contributed by atoms with Crippen molar-refractivity contribution in [1.29, 1.82) is 0 Å². The molecule has 0 radical (unpaired) electrons. The van der Waals surface area contributed by atoms with Gasteiger partial charge in [-0.1, -0.05) is 52.0 Å². The van der Waals surface area contributed by atoms with E-state index < -0.39 is 0 Å². The van der Waals surface area contributed by atoms with Crippen LogP contribution in [0.25, 0.3) is 0 Å². The van der Waals surface area contributed by atoms with E-state index in [0.717, 1.165) is 16.0 Å². The molecule has 0 saturated carbocycles. The van der Waals surface area contributed by atoms with E-state index in [1.165, 1.54) is 11.1 Å². The zero-order valence-corrected chi connectivity index (χ0v) is 14.6. The molecule has 0 N–H and O–H groups in total. The lowest BCUT2D eigenvalue weighted by atomic mass is 9.77. The number of benzene rings is 1. The summed E-state index contributed by atoms with van der Waals surface area (Å²) in [7, 11) is 2.79. The molecule has 0 aliphatic rings. The summed E-state index contributed by atoms with van der Waals surface area (Å²) in [4.78, 5) is 0. The van der Waals surface area contributed by atoms with Crippen LogP contribution < -0.4 is 4.74 Å². The zero-order valence-electron chi connectivity index (χ0n) is 12.6. The summed E-state index contributed by atoms with van der Waals surface area (Å²) in [5.74, 6) is 2.01. The van der Waals surface area contributed by atoms with Gasteiger partial charge in [-0.2, -0.15) is 0 Å². The van der Waals surface area contributed by atoms with E-state index in [9.17, 15) is 0 Å². The van der Waals surface area contributed by atoms with E-state index in [2.05, 4.69) is 58.5 Å². The molecule has 0 amide bonds. The summed E-state index contributed by atoms with van der Waals surface area (Å²) >= 11 is 0. The summed E-state index contributed by atoms with van der Waals surface area (Å²) in [5.41, 5.74) is 2.73. The van der Waals surface area contributed by atoms with Crippen molar-refractivity contribution in [3.05, 3.63) is 42.0 Å². The number of rotatable bonds is 5. The Balaban J connectivity index is 3.22. The molecule has 1 nitrogen and oxygen atoms in total. The van der Waals surface area contributed by atoms with Crippen molar-refractivity contribution in [2.45, 2.75) is 32.7 Å². The molecule has 0 spiro atoms. The van der Waals surface area contributed by atoms with Gasteiger partial charge in [0.05, 0.1) is 7.11 Å². The first-order valence-electron chi connectivity index (χ1n) is 6.67. The minimum atomic E-state index is 0.153. The van der Waals surface area contributed by atoms with Gasteiger partial charge < -0.3 is 4.74 Å². The highest BCUT2D eigenvalue weighted by Crippen LogP contribution is 2.39. The van der Waals surface area contributed by atoms with Gasteiger partial charge in [0, 0.05) is 15.3 Å². The molecule has 2 heteroatoms. The summed E-state index contributed by atoms with van der Waals surface area (Å²) < 4.78 is 5.24. The average molecular weight is 262 g/mol. The van der Waals surface area contributed by atoms with Crippen molar-refractivity contribution in [3.8, 4) is 5.75 Å². The third kappa shape index (κ3) is 2.69. The van der Waals surface area contributed by atoms with E-state index >= 15 is 0 Å². The summed E-state index contributed by atoms with van der Waals surface area (Å²) in [5, 5.41) is 0.153. The molecule has 0 aliphatic carbocycles. The number of hydrogen-bond acceptors (Lipinski definition) is 1. The van der Waals surface area contributed by atoms with Crippen molar-refractivity contribution in [2.75, 3.05) is 7.11 Å². The third-order valence-electron chi connectivity index (χ3n) is 4.21. The average Bonchev–Trinajstić information content (AvgIpc) is 2.36. The second-order valence-corrected chi connectivity index (χ2v) is 7.34. The molecule has 18 heavy (non-hydrogen) atoms. The van der Waals surface area contributed by atoms with Crippen LogP contribution in [0, 0.1) is 11.8 Å². The molecule has 0 fully saturated rings. The Kier molecular flexibility index (Phi) is 4.80. The van der Waals surface area contributed by atoms with Crippen molar-refractivity contribution < 1.29 is 4.74 Å². The molecule has 1 unspecified atom stereocenters. The van der Waals surface area contributed by atoms with Crippen LogP contribution in [0.3, 0.4) is 0 Å². The Morgan fingerprint density at radius 3 is 2.00 bits per heavy atom. The smallest absolute Gasteiger partial charge is 0.118 e. The summed E-state index contributed by atoms with van der Waals surface area (Å²) in [6.07, 6.45) is 0. The Hall–Kier alpha value is -1.02. The first-order valence-corrected chi connectivity index (χ1v) is 7.67. The maximum atomic E-state index is 5.24. The first-order chi connectivity index (χ1) is 8.33. The van der Waals surface area contributed by atoms with E-state index in [1.54, 1.807) is 7.11 Å². The van der Waals surface area contributed by atoms with Crippen molar-refractivity contribution in [2.24, 2.45) is 11.8 Å². The Bertz CT molecular complexity index is 406. The fourth-order valence-corrected chi connectivity index (χ4v) is 3.34. The van der Waals surface area contributed by atoms with Crippen LogP contribution in [-0.4, -0.2) is 17.4 Å². The Labute approximate surface area is 115 Å². The Morgan fingerprint density at radius 1 is 1.17 bits per heavy atom. The van der Waals surface area contributed by atoms with Crippen LogP contribution in [0.15, 0.2) is 36.4 Å². The predicted molar refractivity (Wildman–Crippen MR) is 83.4 cm³/mol. The second-order valence-electron chi connectivity index (χ2n) is 5.77. The van der Waals surface area contributed by atoms with Crippen LogP contribution in [0.2, 0.25) is 0 Å². The van der Waals surface area contributed by atoms with E-state index in [0.29, 0.717) is 11.8 Å². The van der Waals surface area contributed by atoms with Gasteiger partial charge in [-0.15, -0.1) is 0 Å². The van der Waals surface area contributed by atoms with Gasteiger partial charge in [0.15, 0.2) is 0 Å². The van der Waals surface area contributed by atoms with Crippen molar-refractivity contribution in [3.63, 3.8) is 0 Å². The molecule has 0 aromatic heterocycles. The van der Waals surface area contributed by atoms with Crippen LogP contribution >= 0.6 is 0 Å². The van der Waals surface area contributed by atoms with E-state index in [1.807, 2.05) is 0 Å². The van der Waals surface area contributed by atoms with Crippen LogP contribution in [0.4, 0.5) is 0 Å². The highest BCUT2D eigenvalue weighted by Gasteiger charge is 2.34. The molecule has 1 rings (SSSR count). The summed E-state index contributed by atoms with van der Waals surface area (Å²) in [6.45, 7) is 13.4. The van der Waals surface area contributed by atoms with Crippen LogP contribution in [0.1, 0.15) is 33.3 Å². The lowest BCUT2D eigenvalue weighted by Crippen LogP contribution is -2.36. The Morgan fingerprint density at radius 2 is 1.67 bits per heavy atom. The van der Waals surface area contributed by atoms with Crippen molar-refractivity contribution >= 4 is 10.2 Å². The van der Waals surface area contributed by atoms with Crippen LogP contribution in [0.5, 0.6) is 5.75 Å². The van der Waals surface area contributed by atoms with Crippen molar-refractivity contribution in [1.82, 2.24) is 0 Å². The first kappa shape index (κ1) is 15.0. The van der Waals surface area contributed by atoms with Gasteiger partial charge in [-0.05, 0) is 29.5 Å². The van der Waals surface area contributed by atoms with Crippen LogP contribution in [-0.2, 0) is 5.04 Å². The third-order valence-corrected chi connectivity index (χ3v) is 6.58. The monoisotopic (exact) mass is 262 g/mol. The molecule has 100 valence electrons. The number of methoxy groups -OCH3 is 1. The minimum absolute atomic E-state index is 0.153. The number of allylic oxidation sites excluding steroid dienone is 1. The quantitative estimate of drug-likeness (QED) is 0.585. The molecule has 1 aromatic rings. The second kappa shape index (κ2) is 5.74. The molecule has 0 bridgehead atoms. The fraction of sp³-hybridized carbons (Fsp3) is 0.500.